The summed E-state index contributed by atoms with van der Waals surface area (Å²) in [4.78, 5) is 16.0. The summed E-state index contributed by atoms with van der Waals surface area (Å²) in [5.41, 5.74) is 2.18. The molecule has 0 radical (unpaired) electrons. The highest BCUT2D eigenvalue weighted by Crippen LogP contribution is 2.23. The number of rotatable bonds is 7. The largest absolute Gasteiger partial charge is 0.445 e. The second kappa shape index (κ2) is 9.39. The summed E-state index contributed by atoms with van der Waals surface area (Å²) < 4.78 is 5.54. The molecule has 4 heteroatoms. The van der Waals surface area contributed by atoms with E-state index in [1.54, 1.807) is 9.80 Å². The van der Waals surface area contributed by atoms with Crippen molar-refractivity contribution in [2.24, 2.45) is 0 Å². The van der Waals surface area contributed by atoms with Gasteiger partial charge in [-0.2, -0.15) is 0 Å². The van der Waals surface area contributed by atoms with E-state index in [1.165, 1.54) is 31.5 Å². The van der Waals surface area contributed by atoms with Crippen molar-refractivity contribution in [3.05, 3.63) is 71.8 Å². The Morgan fingerprint density at radius 1 is 1.04 bits per heavy atom. The van der Waals surface area contributed by atoms with Crippen LogP contribution >= 0.6 is 0 Å². The lowest BCUT2D eigenvalue weighted by molar-refractivity contribution is -0.887. The molecule has 1 N–H and O–H groups in total. The van der Waals surface area contributed by atoms with Crippen molar-refractivity contribution >= 4 is 6.09 Å². The predicted molar refractivity (Wildman–Crippen MR) is 103 cm³/mol. The van der Waals surface area contributed by atoms with Gasteiger partial charge in [0.25, 0.3) is 0 Å². The van der Waals surface area contributed by atoms with Gasteiger partial charge in [-0.15, -0.1) is 0 Å². The number of carbonyl (C=O) groups is 1. The number of hydrogen-bond donors (Lipinski definition) is 1. The predicted octanol–water partition coefficient (Wildman–Crippen LogP) is 3.07. The molecule has 1 amide bonds. The summed E-state index contributed by atoms with van der Waals surface area (Å²) in [6.07, 6.45) is 3.33. The lowest BCUT2D eigenvalue weighted by Crippen LogP contribution is -3.10. The SMILES string of the molecule is CN(C(=O)OCc1ccccc1)[C@H](CC[NH+]1CCCC1)c1ccccc1. The Hall–Kier alpha value is -2.33. The van der Waals surface area contributed by atoms with E-state index in [0.29, 0.717) is 6.61 Å². The third kappa shape index (κ3) is 5.09. The molecule has 1 heterocycles. The van der Waals surface area contributed by atoms with E-state index in [1.807, 2.05) is 55.6 Å². The first kappa shape index (κ1) is 18.5. The topological polar surface area (TPSA) is 34.0 Å². The van der Waals surface area contributed by atoms with Crippen LogP contribution in [0.1, 0.15) is 36.4 Å². The highest BCUT2D eigenvalue weighted by molar-refractivity contribution is 5.68. The molecule has 0 saturated carbocycles. The number of nitrogens with one attached hydrogen (secondary N) is 1. The fourth-order valence-corrected chi connectivity index (χ4v) is 3.67. The molecule has 1 atom stereocenters. The molecule has 0 spiro atoms. The van der Waals surface area contributed by atoms with E-state index in [2.05, 4.69) is 12.1 Å². The van der Waals surface area contributed by atoms with Gasteiger partial charge < -0.3 is 14.5 Å². The van der Waals surface area contributed by atoms with Gasteiger partial charge in [0, 0.05) is 26.3 Å². The molecule has 138 valence electrons. The minimum Gasteiger partial charge on any atom is -0.445 e. The zero-order chi connectivity index (χ0) is 18.2. The normalized spacial score (nSPS) is 15.6. The lowest BCUT2D eigenvalue weighted by Gasteiger charge is -2.28. The van der Waals surface area contributed by atoms with Crippen LogP contribution in [-0.4, -0.2) is 37.7 Å². The zero-order valence-corrected chi connectivity index (χ0v) is 15.6. The number of likely N-dealkylation sites (tertiary alicyclic amines) is 1. The molecular weight excluding hydrogens is 324 g/mol. The van der Waals surface area contributed by atoms with E-state index in [-0.39, 0.29) is 12.1 Å². The zero-order valence-electron chi connectivity index (χ0n) is 15.6. The van der Waals surface area contributed by atoms with Crippen molar-refractivity contribution in [2.75, 3.05) is 26.7 Å². The van der Waals surface area contributed by atoms with Crippen LogP contribution in [0.4, 0.5) is 4.79 Å². The molecule has 2 aromatic rings. The van der Waals surface area contributed by atoms with Gasteiger partial charge in [0.1, 0.15) is 6.61 Å². The summed E-state index contributed by atoms with van der Waals surface area (Å²) in [6, 6.07) is 20.2. The molecule has 26 heavy (non-hydrogen) atoms. The highest BCUT2D eigenvalue weighted by Gasteiger charge is 2.25. The molecule has 1 fully saturated rings. The number of benzene rings is 2. The smallest absolute Gasteiger partial charge is 0.410 e. The van der Waals surface area contributed by atoms with Crippen molar-refractivity contribution in [1.29, 1.82) is 0 Å². The van der Waals surface area contributed by atoms with Gasteiger partial charge in [-0.05, 0) is 11.1 Å². The first-order valence-electron chi connectivity index (χ1n) is 9.56. The maximum atomic E-state index is 12.6. The Morgan fingerprint density at radius 2 is 1.65 bits per heavy atom. The molecule has 0 aliphatic carbocycles. The fourth-order valence-electron chi connectivity index (χ4n) is 3.67. The summed E-state index contributed by atoms with van der Waals surface area (Å²) in [5, 5.41) is 0. The maximum Gasteiger partial charge on any atom is 0.410 e. The average Bonchev–Trinajstić information content (AvgIpc) is 3.21. The van der Waals surface area contributed by atoms with E-state index in [9.17, 15) is 4.79 Å². The number of ether oxygens (including phenoxy) is 1. The maximum absolute atomic E-state index is 12.6. The molecule has 0 aromatic heterocycles. The molecule has 0 bridgehead atoms. The Bertz CT molecular complexity index is 669. The Morgan fingerprint density at radius 3 is 2.31 bits per heavy atom. The number of amides is 1. The molecule has 1 aliphatic rings. The van der Waals surface area contributed by atoms with E-state index >= 15 is 0 Å². The van der Waals surface area contributed by atoms with E-state index < -0.39 is 0 Å². The highest BCUT2D eigenvalue weighted by atomic mass is 16.6. The van der Waals surface area contributed by atoms with Gasteiger partial charge in [-0.25, -0.2) is 4.79 Å². The van der Waals surface area contributed by atoms with Gasteiger partial charge in [0.2, 0.25) is 0 Å². The van der Waals surface area contributed by atoms with E-state index in [0.717, 1.165) is 18.5 Å². The van der Waals surface area contributed by atoms with Crippen molar-refractivity contribution < 1.29 is 14.4 Å². The molecular formula is C22H29N2O2+. The second-order valence-electron chi connectivity index (χ2n) is 7.07. The first-order chi connectivity index (χ1) is 12.7. The number of carbonyl (C=O) groups excluding carboxylic acids is 1. The first-order valence-corrected chi connectivity index (χ1v) is 9.56. The summed E-state index contributed by atoms with van der Waals surface area (Å²) in [7, 11) is 1.85. The Kier molecular flexibility index (Phi) is 6.67. The van der Waals surface area contributed by atoms with Crippen LogP contribution in [0.15, 0.2) is 60.7 Å². The van der Waals surface area contributed by atoms with Crippen LogP contribution in [-0.2, 0) is 11.3 Å². The third-order valence-electron chi connectivity index (χ3n) is 5.23. The Balaban J connectivity index is 1.63. The second-order valence-corrected chi connectivity index (χ2v) is 7.07. The van der Waals surface area contributed by atoms with Crippen molar-refractivity contribution in [3.8, 4) is 0 Å². The Labute approximate surface area is 156 Å². The van der Waals surface area contributed by atoms with Crippen molar-refractivity contribution in [1.82, 2.24) is 4.90 Å². The molecule has 1 saturated heterocycles. The van der Waals surface area contributed by atoms with Crippen LogP contribution in [0.5, 0.6) is 0 Å². The van der Waals surface area contributed by atoms with Gasteiger partial charge in [0.15, 0.2) is 0 Å². The van der Waals surface area contributed by atoms with E-state index in [4.69, 9.17) is 4.74 Å². The minimum absolute atomic E-state index is 0.0487. The summed E-state index contributed by atoms with van der Waals surface area (Å²) >= 11 is 0. The van der Waals surface area contributed by atoms with Crippen LogP contribution in [0.25, 0.3) is 0 Å². The average molecular weight is 353 g/mol. The lowest BCUT2D eigenvalue weighted by atomic mass is 10.0. The number of hydrogen-bond acceptors (Lipinski definition) is 2. The summed E-state index contributed by atoms with van der Waals surface area (Å²) in [5.74, 6) is 0. The van der Waals surface area contributed by atoms with Crippen LogP contribution in [0, 0.1) is 0 Å². The standard InChI is InChI=1S/C22H28N2O2/c1-23(22(25)26-18-19-10-4-2-5-11-19)21(20-12-6-3-7-13-20)14-17-24-15-8-9-16-24/h2-7,10-13,21H,8-9,14-18H2,1H3/p+1/t21-/m1/s1. The summed E-state index contributed by atoms with van der Waals surface area (Å²) in [6.45, 7) is 3.91. The molecule has 1 aliphatic heterocycles. The van der Waals surface area contributed by atoms with Gasteiger partial charge in [-0.1, -0.05) is 60.7 Å². The molecule has 0 unspecified atom stereocenters. The molecule has 4 nitrogen and oxygen atoms in total. The van der Waals surface area contributed by atoms with Crippen LogP contribution in [0.3, 0.4) is 0 Å². The number of nitrogens with zero attached hydrogens (tertiary/aromatic N) is 1. The third-order valence-corrected chi connectivity index (χ3v) is 5.23. The van der Waals surface area contributed by atoms with Crippen molar-refractivity contribution in [3.63, 3.8) is 0 Å². The molecule has 2 aromatic carbocycles. The fraction of sp³-hybridized carbons (Fsp3) is 0.409. The number of quaternary nitrogens is 1. The van der Waals surface area contributed by atoms with Gasteiger partial charge >= 0.3 is 6.09 Å². The van der Waals surface area contributed by atoms with Gasteiger partial charge in [0.05, 0.1) is 25.7 Å². The van der Waals surface area contributed by atoms with Crippen LogP contribution < -0.4 is 4.90 Å². The quantitative estimate of drug-likeness (QED) is 0.830. The minimum atomic E-state index is -0.265. The van der Waals surface area contributed by atoms with Crippen molar-refractivity contribution in [2.45, 2.75) is 31.9 Å². The van der Waals surface area contributed by atoms with Gasteiger partial charge in [-0.3, -0.25) is 0 Å². The monoisotopic (exact) mass is 353 g/mol. The van der Waals surface area contributed by atoms with Crippen LogP contribution in [0.2, 0.25) is 0 Å². The molecule has 3 rings (SSSR count).